The summed E-state index contributed by atoms with van der Waals surface area (Å²) in [5.41, 5.74) is 0. The van der Waals surface area contributed by atoms with Crippen LogP contribution in [-0.4, -0.2) is 45.5 Å². The Labute approximate surface area is 121 Å². The number of hydrogen-bond acceptors (Lipinski definition) is 4. The summed E-state index contributed by atoms with van der Waals surface area (Å²) in [4.78, 5) is 0.243. The molecule has 20 heavy (non-hydrogen) atoms. The molecule has 0 bridgehead atoms. The van der Waals surface area contributed by atoms with Gasteiger partial charge in [-0.15, -0.1) is 0 Å². The number of nitrogens with one attached hydrogen (secondary N) is 1. The lowest BCUT2D eigenvalue weighted by Gasteiger charge is -2.35. The Kier molecular flexibility index (Phi) is 4.67. The molecule has 0 amide bonds. The fourth-order valence-corrected chi connectivity index (χ4v) is 4.01. The third-order valence-corrected chi connectivity index (χ3v) is 5.56. The molecule has 1 heterocycles. The zero-order valence-corrected chi connectivity index (χ0v) is 13.0. The molecule has 0 aromatic heterocycles. The van der Waals surface area contributed by atoms with Gasteiger partial charge in [-0.2, -0.15) is 4.31 Å². The summed E-state index contributed by atoms with van der Waals surface area (Å²) in [5, 5.41) is 3.36. The molecule has 1 N–H and O–H groups in total. The second-order valence-corrected chi connectivity index (χ2v) is 7.22. The second kappa shape index (κ2) is 6.11. The van der Waals surface area contributed by atoms with Crippen LogP contribution in [0.15, 0.2) is 29.2 Å². The van der Waals surface area contributed by atoms with Crippen molar-refractivity contribution in [2.75, 3.05) is 26.7 Å². The summed E-state index contributed by atoms with van der Waals surface area (Å²) in [6.45, 7) is 5.85. The number of rotatable bonds is 4. The zero-order valence-electron chi connectivity index (χ0n) is 12.2. The van der Waals surface area contributed by atoms with Gasteiger partial charge in [0.05, 0.1) is 7.11 Å². The summed E-state index contributed by atoms with van der Waals surface area (Å²) >= 11 is 0. The maximum absolute atomic E-state index is 12.8. The summed E-state index contributed by atoms with van der Waals surface area (Å²) in [5.74, 6) is 0.790. The Morgan fingerprint density at radius 3 is 2.70 bits per heavy atom. The third kappa shape index (κ3) is 2.97. The highest BCUT2D eigenvalue weighted by Gasteiger charge is 2.32. The summed E-state index contributed by atoms with van der Waals surface area (Å²) < 4.78 is 32.2. The van der Waals surface area contributed by atoms with Crippen LogP contribution < -0.4 is 10.1 Å². The highest BCUT2D eigenvalue weighted by Crippen LogP contribution is 2.27. The molecular weight excluding hydrogens is 276 g/mol. The lowest BCUT2D eigenvalue weighted by molar-refractivity contribution is 0.255. The molecule has 1 aromatic carbocycles. The van der Waals surface area contributed by atoms with Gasteiger partial charge in [-0.25, -0.2) is 8.42 Å². The van der Waals surface area contributed by atoms with Crippen molar-refractivity contribution in [2.45, 2.75) is 24.8 Å². The van der Waals surface area contributed by atoms with Crippen LogP contribution in [0.3, 0.4) is 0 Å². The normalized spacial score (nSPS) is 21.1. The van der Waals surface area contributed by atoms with Crippen molar-refractivity contribution in [3.05, 3.63) is 24.3 Å². The van der Waals surface area contributed by atoms with Crippen molar-refractivity contribution in [1.82, 2.24) is 9.62 Å². The molecule has 112 valence electrons. The van der Waals surface area contributed by atoms with E-state index in [4.69, 9.17) is 4.74 Å². The fourth-order valence-electron chi connectivity index (χ4n) is 2.39. The van der Waals surface area contributed by atoms with Gasteiger partial charge in [0.25, 0.3) is 0 Å². The highest BCUT2D eigenvalue weighted by atomic mass is 32.2. The number of methoxy groups -OCH3 is 1. The van der Waals surface area contributed by atoms with E-state index in [1.807, 2.05) is 0 Å². The number of benzene rings is 1. The monoisotopic (exact) mass is 298 g/mol. The van der Waals surface area contributed by atoms with Crippen LogP contribution in [0.5, 0.6) is 5.75 Å². The molecule has 5 nitrogen and oxygen atoms in total. The Hall–Kier alpha value is -1.11. The van der Waals surface area contributed by atoms with Gasteiger partial charge < -0.3 is 10.1 Å². The molecule has 1 atom stereocenters. The molecule has 2 rings (SSSR count). The van der Waals surface area contributed by atoms with Gasteiger partial charge in [-0.3, -0.25) is 0 Å². The smallest absolute Gasteiger partial charge is 0.246 e. The lowest BCUT2D eigenvalue weighted by atomic mass is 10.0. The molecule has 0 saturated carbocycles. The van der Waals surface area contributed by atoms with Crippen LogP contribution in [0.25, 0.3) is 0 Å². The van der Waals surface area contributed by atoms with Crippen LogP contribution in [0.2, 0.25) is 0 Å². The zero-order chi connectivity index (χ0) is 14.8. The van der Waals surface area contributed by atoms with Crippen molar-refractivity contribution in [3.8, 4) is 5.75 Å². The largest absolute Gasteiger partial charge is 0.495 e. The second-order valence-electron chi connectivity index (χ2n) is 5.32. The number of piperazine rings is 1. The van der Waals surface area contributed by atoms with Crippen molar-refractivity contribution in [1.29, 1.82) is 0 Å². The minimum Gasteiger partial charge on any atom is -0.495 e. The standard InChI is InChI=1S/C14H22N2O3S/c1-11(2)12-10-16(9-8-15-12)20(17,18)14-7-5-4-6-13(14)19-3/h4-7,11-12,15H,8-10H2,1-3H3. The Morgan fingerprint density at radius 2 is 2.05 bits per heavy atom. The van der Waals surface area contributed by atoms with E-state index in [0.717, 1.165) is 0 Å². The average molecular weight is 298 g/mol. The minimum absolute atomic E-state index is 0.188. The highest BCUT2D eigenvalue weighted by molar-refractivity contribution is 7.89. The number of nitrogens with zero attached hydrogens (tertiary/aromatic N) is 1. The first-order valence-electron chi connectivity index (χ1n) is 6.83. The van der Waals surface area contributed by atoms with Gasteiger partial charge in [-0.05, 0) is 18.1 Å². The van der Waals surface area contributed by atoms with E-state index in [9.17, 15) is 8.42 Å². The summed E-state index contributed by atoms with van der Waals surface area (Å²) in [7, 11) is -2.01. The molecule has 0 spiro atoms. The molecule has 1 aliphatic rings. The first-order valence-corrected chi connectivity index (χ1v) is 8.27. The first-order chi connectivity index (χ1) is 9.46. The quantitative estimate of drug-likeness (QED) is 0.910. The maximum atomic E-state index is 12.8. The number of ether oxygens (including phenoxy) is 1. The van der Waals surface area contributed by atoms with Crippen molar-refractivity contribution in [2.24, 2.45) is 5.92 Å². The Bertz CT molecular complexity index is 557. The van der Waals surface area contributed by atoms with Crippen LogP contribution in [-0.2, 0) is 10.0 Å². The van der Waals surface area contributed by atoms with E-state index < -0.39 is 10.0 Å². The van der Waals surface area contributed by atoms with Crippen molar-refractivity contribution < 1.29 is 13.2 Å². The fraction of sp³-hybridized carbons (Fsp3) is 0.571. The van der Waals surface area contributed by atoms with Crippen LogP contribution in [0.1, 0.15) is 13.8 Å². The molecule has 6 heteroatoms. The SMILES string of the molecule is COc1ccccc1S(=O)(=O)N1CCNC(C(C)C)C1. The molecule has 1 aromatic rings. The summed E-state index contributed by atoms with van der Waals surface area (Å²) in [6.07, 6.45) is 0. The van der Waals surface area contributed by atoms with E-state index >= 15 is 0 Å². The number of para-hydroxylation sites is 1. The van der Waals surface area contributed by atoms with Crippen LogP contribution >= 0.6 is 0 Å². The summed E-state index contributed by atoms with van der Waals surface area (Å²) in [6, 6.07) is 6.95. The van der Waals surface area contributed by atoms with Crippen molar-refractivity contribution in [3.63, 3.8) is 0 Å². The van der Waals surface area contributed by atoms with E-state index in [0.29, 0.717) is 31.3 Å². The van der Waals surface area contributed by atoms with Crippen molar-refractivity contribution >= 4 is 10.0 Å². The van der Waals surface area contributed by atoms with E-state index in [1.54, 1.807) is 28.6 Å². The van der Waals surface area contributed by atoms with E-state index in [2.05, 4.69) is 19.2 Å². The molecule has 1 aliphatic heterocycles. The Morgan fingerprint density at radius 1 is 1.35 bits per heavy atom. The average Bonchev–Trinajstić information content (AvgIpc) is 2.47. The molecular formula is C14H22N2O3S. The minimum atomic E-state index is -3.50. The maximum Gasteiger partial charge on any atom is 0.246 e. The number of sulfonamides is 1. The predicted molar refractivity (Wildman–Crippen MR) is 78.4 cm³/mol. The number of hydrogen-bond donors (Lipinski definition) is 1. The molecule has 0 radical (unpaired) electrons. The topological polar surface area (TPSA) is 58.6 Å². The van der Waals surface area contributed by atoms with Crippen LogP contribution in [0.4, 0.5) is 0 Å². The molecule has 1 saturated heterocycles. The molecule has 1 fully saturated rings. The first kappa shape index (κ1) is 15.3. The van der Waals surface area contributed by atoms with Gasteiger partial charge in [-0.1, -0.05) is 26.0 Å². The predicted octanol–water partition coefficient (Wildman–Crippen LogP) is 1.31. The van der Waals surface area contributed by atoms with Gasteiger partial charge >= 0.3 is 0 Å². The van der Waals surface area contributed by atoms with E-state index in [1.165, 1.54) is 7.11 Å². The van der Waals surface area contributed by atoms with Gasteiger partial charge in [0.1, 0.15) is 10.6 Å². The van der Waals surface area contributed by atoms with Gasteiger partial charge in [0.2, 0.25) is 10.0 Å². The van der Waals surface area contributed by atoms with E-state index in [-0.39, 0.29) is 10.9 Å². The Balaban J connectivity index is 2.30. The van der Waals surface area contributed by atoms with Gasteiger partial charge in [0.15, 0.2) is 0 Å². The van der Waals surface area contributed by atoms with Gasteiger partial charge in [0, 0.05) is 25.7 Å². The lowest BCUT2D eigenvalue weighted by Crippen LogP contribution is -2.54. The van der Waals surface area contributed by atoms with Crippen LogP contribution in [0, 0.1) is 5.92 Å². The molecule has 0 aliphatic carbocycles. The third-order valence-electron chi connectivity index (χ3n) is 3.66. The molecule has 1 unspecified atom stereocenters.